The van der Waals surface area contributed by atoms with Crippen LogP contribution in [-0.4, -0.2) is 34.2 Å². The first kappa shape index (κ1) is 9.21. The molecule has 5 N–H and O–H groups in total. The fourth-order valence-electron chi connectivity index (χ4n) is 1.26. The maximum atomic E-state index is 10.6. The second kappa shape index (κ2) is 3.68. The van der Waals surface area contributed by atoms with Crippen molar-refractivity contribution >= 4 is 23.3 Å². The lowest BCUT2D eigenvalue weighted by atomic mass is 10.1. The third-order valence-electron chi connectivity index (χ3n) is 1.98. The number of rotatable bonds is 1. The summed E-state index contributed by atoms with van der Waals surface area (Å²) >= 11 is 4.91. The van der Waals surface area contributed by atoms with E-state index in [1.54, 1.807) is 0 Å². The Kier molecular flexibility index (Phi) is 2.83. The SMILES string of the molecule is [NH3+]NC(=S)N1CCC(C(=O)O)C1. The van der Waals surface area contributed by atoms with Crippen LogP contribution in [-0.2, 0) is 4.79 Å². The summed E-state index contributed by atoms with van der Waals surface area (Å²) in [7, 11) is 0. The third kappa shape index (κ3) is 1.83. The molecule has 0 aromatic carbocycles. The van der Waals surface area contributed by atoms with Gasteiger partial charge in [0, 0.05) is 13.1 Å². The number of nitrogens with zero attached hydrogens (tertiary/aromatic N) is 1. The quantitative estimate of drug-likeness (QED) is 0.344. The van der Waals surface area contributed by atoms with Crippen LogP contribution in [0.4, 0.5) is 0 Å². The molecular weight excluding hydrogens is 178 g/mol. The summed E-state index contributed by atoms with van der Waals surface area (Å²) in [6.45, 7) is 1.20. The zero-order valence-corrected chi connectivity index (χ0v) is 7.43. The molecule has 0 spiro atoms. The Labute approximate surface area is 75.5 Å². The van der Waals surface area contributed by atoms with E-state index in [2.05, 4.69) is 11.3 Å². The first-order valence-corrected chi connectivity index (χ1v) is 4.10. The maximum absolute atomic E-state index is 10.6. The number of likely N-dealkylation sites (tertiary alicyclic amines) is 1. The number of hydrogen-bond donors (Lipinski definition) is 3. The van der Waals surface area contributed by atoms with Gasteiger partial charge in [-0.2, -0.15) is 0 Å². The Bertz CT molecular complexity index is 209. The highest BCUT2D eigenvalue weighted by atomic mass is 32.1. The van der Waals surface area contributed by atoms with Gasteiger partial charge in [-0.3, -0.25) is 10.6 Å². The van der Waals surface area contributed by atoms with E-state index in [-0.39, 0.29) is 5.92 Å². The Balaban J connectivity index is 2.45. The van der Waals surface area contributed by atoms with Crippen molar-refractivity contribution in [2.24, 2.45) is 5.92 Å². The van der Waals surface area contributed by atoms with Gasteiger partial charge in [0.15, 0.2) is 0 Å². The second-order valence-corrected chi connectivity index (χ2v) is 3.14. The van der Waals surface area contributed by atoms with Crippen molar-refractivity contribution in [2.45, 2.75) is 6.42 Å². The lowest BCUT2D eigenvalue weighted by Crippen LogP contribution is -2.69. The van der Waals surface area contributed by atoms with Crippen molar-refractivity contribution in [2.75, 3.05) is 13.1 Å². The lowest BCUT2D eigenvalue weighted by Gasteiger charge is -2.15. The van der Waals surface area contributed by atoms with Crippen LogP contribution in [0.2, 0.25) is 0 Å². The highest BCUT2D eigenvalue weighted by Crippen LogP contribution is 2.15. The molecule has 1 aliphatic heterocycles. The van der Waals surface area contributed by atoms with Crippen LogP contribution in [0.5, 0.6) is 0 Å². The molecule has 12 heavy (non-hydrogen) atoms. The maximum Gasteiger partial charge on any atom is 0.308 e. The molecule has 68 valence electrons. The molecule has 0 bridgehead atoms. The lowest BCUT2D eigenvalue weighted by molar-refractivity contribution is -0.420. The van der Waals surface area contributed by atoms with E-state index in [4.69, 9.17) is 17.3 Å². The molecular formula is C6H12N3O2S+. The van der Waals surface area contributed by atoms with Crippen molar-refractivity contribution in [3.63, 3.8) is 0 Å². The highest BCUT2D eigenvalue weighted by Gasteiger charge is 2.29. The fraction of sp³-hybridized carbons (Fsp3) is 0.667. The zero-order valence-electron chi connectivity index (χ0n) is 6.62. The van der Waals surface area contributed by atoms with E-state index in [9.17, 15) is 4.79 Å². The van der Waals surface area contributed by atoms with E-state index in [0.717, 1.165) is 0 Å². The van der Waals surface area contributed by atoms with Crippen LogP contribution in [0.25, 0.3) is 0 Å². The molecule has 0 radical (unpaired) electrons. The molecule has 0 saturated carbocycles. The van der Waals surface area contributed by atoms with Crippen LogP contribution in [0.15, 0.2) is 0 Å². The topological polar surface area (TPSA) is 80.2 Å². The summed E-state index contributed by atoms with van der Waals surface area (Å²) in [5, 5.41) is 9.21. The summed E-state index contributed by atoms with van der Waals surface area (Å²) in [4.78, 5) is 12.4. The first-order valence-electron chi connectivity index (χ1n) is 3.70. The largest absolute Gasteiger partial charge is 0.481 e. The first-order chi connectivity index (χ1) is 5.65. The molecule has 1 heterocycles. The summed E-state index contributed by atoms with van der Waals surface area (Å²) in [6.07, 6.45) is 0.664. The summed E-state index contributed by atoms with van der Waals surface area (Å²) in [5.41, 5.74) is 2.58. The number of aliphatic carboxylic acids is 1. The van der Waals surface area contributed by atoms with Gasteiger partial charge in [-0.25, -0.2) is 5.43 Å². The molecule has 1 unspecified atom stereocenters. The monoisotopic (exact) mass is 190 g/mol. The van der Waals surface area contributed by atoms with Crippen molar-refractivity contribution in [1.82, 2.24) is 10.3 Å². The van der Waals surface area contributed by atoms with Crippen molar-refractivity contribution in [3.05, 3.63) is 0 Å². The minimum absolute atomic E-state index is 0.281. The molecule has 1 aliphatic rings. The standard InChI is InChI=1S/C6H11N3O2S/c7-8-6(12)9-2-1-4(3-9)5(10)11/h4H,1-3,7H2,(H,8,12)(H,10,11)/p+1. The van der Waals surface area contributed by atoms with Gasteiger partial charge in [0.25, 0.3) is 0 Å². The number of hydrogen-bond acceptors (Lipinski definition) is 2. The number of carboxylic acid groups (broad SMARTS) is 1. The number of quaternary nitrogens is 1. The molecule has 5 nitrogen and oxygen atoms in total. The third-order valence-corrected chi connectivity index (χ3v) is 2.38. The Morgan fingerprint density at radius 3 is 2.83 bits per heavy atom. The minimum atomic E-state index is -0.746. The highest BCUT2D eigenvalue weighted by molar-refractivity contribution is 7.80. The summed E-state index contributed by atoms with van der Waals surface area (Å²) in [6, 6.07) is 0. The van der Waals surface area contributed by atoms with Crippen molar-refractivity contribution < 1.29 is 15.7 Å². The normalized spacial score (nSPS) is 22.4. The van der Waals surface area contributed by atoms with Gasteiger partial charge in [-0.05, 0) is 18.6 Å². The average molecular weight is 190 g/mol. The average Bonchev–Trinajstić information content (AvgIpc) is 2.51. The Morgan fingerprint density at radius 1 is 1.75 bits per heavy atom. The van der Waals surface area contributed by atoms with Crippen LogP contribution in [0.3, 0.4) is 0 Å². The van der Waals surface area contributed by atoms with Gasteiger partial charge in [0.05, 0.1) is 5.92 Å². The second-order valence-electron chi connectivity index (χ2n) is 2.75. The van der Waals surface area contributed by atoms with Gasteiger partial charge >= 0.3 is 5.97 Å². The van der Waals surface area contributed by atoms with Gasteiger partial charge in [0.1, 0.15) is 0 Å². The van der Waals surface area contributed by atoms with Crippen LogP contribution < -0.4 is 11.3 Å². The van der Waals surface area contributed by atoms with Crippen LogP contribution in [0, 0.1) is 5.92 Å². The molecule has 6 heteroatoms. The smallest absolute Gasteiger partial charge is 0.308 e. The Hall–Kier alpha value is -0.880. The van der Waals surface area contributed by atoms with Gasteiger partial charge < -0.3 is 10.0 Å². The predicted molar refractivity (Wildman–Crippen MR) is 45.9 cm³/mol. The van der Waals surface area contributed by atoms with E-state index in [1.807, 2.05) is 4.90 Å². The molecule has 0 aromatic heterocycles. The van der Waals surface area contributed by atoms with Crippen LogP contribution in [0.1, 0.15) is 6.42 Å². The summed E-state index contributed by atoms with van der Waals surface area (Å²) < 4.78 is 0. The zero-order chi connectivity index (χ0) is 9.14. The number of carboxylic acids is 1. The van der Waals surface area contributed by atoms with Crippen molar-refractivity contribution in [3.8, 4) is 0 Å². The Morgan fingerprint density at radius 2 is 2.42 bits per heavy atom. The minimum Gasteiger partial charge on any atom is -0.481 e. The molecule has 1 saturated heterocycles. The van der Waals surface area contributed by atoms with Crippen molar-refractivity contribution in [1.29, 1.82) is 0 Å². The molecule has 1 fully saturated rings. The van der Waals surface area contributed by atoms with Gasteiger partial charge in [-0.15, -0.1) is 0 Å². The molecule has 0 amide bonds. The van der Waals surface area contributed by atoms with Gasteiger partial charge in [-0.1, -0.05) is 0 Å². The number of carbonyl (C=O) groups is 1. The molecule has 1 rings (SSSR count). The van der Waals surface area contributed by atoms with E-state index in [0.29, 0.717) is 24.6 Å². The summed E-state index contributed by atoms with van der Waals surface area (Å²) in [5.74, 6) is 2.39. The number of thiocarbonyl (C=S) groups is 1. The number of nitrogens with one attached hydrogen (secondary N) is 1. The molecule has 1 atom stereocenters. The van der Waals surface area contributed by atoms with Crippen LogP contribution >= 0.6 is 12.2 Å². The molecule has 0 aromatic rings. The van der Waals surface area contributed by atoms with E-state index < -0.39 is 5.97 Å². The predicted octanol–water partition coefficient (Wildman–Crippen LogP) is -1.58. The van der Waals surface area contributed by atoms with E-state index in [1.165, 1.54) is 0 Å². The van der Waals surface area contributed by atoms with Gasteiger partial charge in [0.2, 0.25) is 5.11 Å². The fourth-order valence-corrected chi connectivity index (χ4v) is 1.42. The van der Waals surface area contributed by atoms with E-state index >= 15 is 0 Å². The molecule has 0 aliphatic carbocycles.